The van der Waals surface area contributed by atoms with Crippen LogP contribution in [0, 0.1) is 12.8 Å². The molecule has 138 valence electrons. The quantitative estimate of drug-likeness (QED) is 0.742. The van der Waals surface area contributed by atoms with E-state index < -0.39 is 0 Å². The molecule has 0 spiro atoms. The number of nitrogens with zero attached hydrogens (tertiary/aromatic N) is 2. The molecule has 1 heterocycles. The molecule has 1 aliphatic carbocycles. The van der Waals surface area contributed by atoms with Crippen LogP contribution in [-0.4, -0.2) is 33.6 Å². The highest BCUT2D eigenvalue weighted by Crippen LogP contribution is 2.24. The van der Waals surface area contributed by atoms with Gasteiger partial charge in [0.25, 0.3) is 5.91 Å². The highest BCUT2D eigenvalue weighted by atomic mass is 16.3. The molecule has 1 amide bonds. The number of amides is 1. The van der Waals surface area contributed by atoms with Crippen molar-refractivity contribution in [3.8, 4) is 0 Å². The van der Waals surface area contributed by atoms with Crippen LogP contribution in [0.1, 0.15) is 47.4 Å². The molecule has 0 aliphatic heterocycles. The summed E-state index contributed by atoms with van der Waals surface area (Å²) in [6, 6.07) is 9.68. The minimum Gasteiger partial charge on any atom is -0.396 e. The van der Waals surface area contributed by atoms with Crippen molar-refractivity contribution in [1.29, 1.82) is 0 Å². The van der Waals surface area contributed by atoms with Gasteiger partial charge in [-0.1, -0.05) is 12.1 Å². The van der Waals surface area contributed by atoms with Gasteiger partial charge in [0, 0.05) is 31.0 Å². The molecule has 1 saturated carbocycles. The summed E-state index contributed by atoms with van der Waals surface area (Å²) in [5.74, 6) is 1.85. The summed E-state index contributed by atoms with van der Waals surface area (Å²) >= 11 is 0. The van der Waals surface area contributed by atoms with Crippen LogP contribution in [0.25, 0.3) is 0 Å². The van der Waals surface area contributed by atoms with E-state index in [-0.39, 0.29) is 18.6 Å². The monoisotopic (exact) mass is 354 g/mol. The summed E-state index contributed by atoms with van der Waals surface area (Å²) in [5, 5.41) is 15.6. The number of aliphatic hydroxyl groups excluding tert-OH is 1. The molecule has 0 unspecified atom stereocenters. The first-order valence-corrected chi connectivity index (χ1v) is 9.18. The van der Waals surface area contributed by atoms with E-state index in [2.05, 4.69) is 20.6 Å². The average molecular weight is 354 g/mol. The molecule has 0 radical (unpaired) electrons. The van der Waals surface area contributed by atoms with Gasteiger partial charge in [-0.05, 0) is 62.3 Å². The van der Waals surface area contributed by atoms with E-state index in [1.165, 1.54) is 0 Å². The molecular weight excluding hydrogens is 328 g/mol. The van der Waals surface area contributed by atoms with Gasteiger partial charge in [-0.15, -0.1) is 0 Å². The van der Waals surface area contributed by atoms with E-state index in [1.807, 2.05) is 37.3 Å². The van der Waals surface area contributed by atoms with E-state index >= 15 is 0 Å². The summed E-state index contributed by atoms with van der Waals surface area (Å²) in [4.78, 5) is 20.9. The van der Waals surface area contributed by atoms with Crippen molar-refractivity contribution < 1.29 is 9.90 Å². The van der Waals surface area contributed by atoms with E-state index in [0.717, 1.165) is 42.9 Å². The highest BCUT2D eigenvalue weighted by molar-refractivity contribution is 5.94. The Labute approximate surface area is 154 Å². The molecule has 3 N–H and O–H groups in total. The van der Waals surface area contributed by atoms with E-state index in [0.29, 0.717) is 18.0 Å². The topological polar surface area (TPSA) is 87.1 Å². The predicted octanol–water partition coefficient (Wildman–Crippen LogP) is 2.68. The molecule has 6 heteroatoms. The highest BCUT2D eigenvalue weighted by Gasteiger charge is 2.22. The predicted molar refractivity (Wildman–Crippen MR) is 101 cm³/mol. The van der Waals surface area contributed by atoms with Gasteiger partial charge >= 0.3 is 0 Å². The minimum absolute atomic E-state index is 0.0304. The van der Waals surface area contributed by atoms with Crippen molar-refractivity contribution >= 4 is 11.7 Å². The maximum atomic E-state index is 12.5. The second-order valence-corrected chi connectivity index (χ2v) is 6.92. The largest absolute Gasteiger partial charge is 0.396 e. The fourth-order valence-electron chi connectivity index (χ4n) is 3.33. The first-order valence-electron chi connectivity index (χ1n) is 9.18. The molecule has 1 aromatic carbocycles. The summed E-state index contributed by atoms with van der Waals surface area (Å²) in [6.07, 6.45) is 5.55. The molecule has 1 fully saturated rings. The fraction of sp³-hybridized carbons (Fsp3) is 0.450. The number of aliphatic hydroxyl groups is 1. The smallest absolute Gasteiger partial charge is 0.251 e. The number of nitrogens with one attached hydrogen (secondary N) is 2. The lowest BCUT2D eigenvalue weighted by Crippen LogP contribution is -2.38. The zero-order valence-corrected chi connectivity index (χ0v) is 15.1. The SMILES string of the molecule is Cc1nccc(NCc2cccc(C(=O)NC3CCC(CO)CC3)c2)n1. The van der Waals surface area contributed by atoms with Crippen LogP contribution >= 0.6 is 0 Å². The Morgan fingerprint density at radius 2 is 2.04 bits per heavy atom. The zero-order valence-electron chi connectivity index (χ0n) is 15.1. The molecule has 3 rings (SSSR count). The van der Waals surface area contributed by atoms with Crippen molar-refractivity contribution in [2.75, 3.05) is 11.9 Å². The Morgan fingerprint density at radius 1 is 1.23 bits per heavy atom. The number of hydrogen-bond donors (Lipinski definition) is 3. The molecular formula is C20H26N4O2. The van der Waals surface area contributed by atoms with E-state index in [9.17, 15) is 9.90 Å². The normalized spacial score (nSPS) is 19.8. The Bertz CT molecular complexity index is 742. The molecule has 0 atom stereocenters. The van der Waals surface area contributed by atoms with Crippen LogP contribution in [0.3, 0.4) is 0 Å². The third-order valence-electron chi connectivity index (χ3n) is 4.88. The number of carbonyl (C=O) groups is 1. The lowest BCUT2D eigenvalue weighted by Gasteiger charge is -2.28. The van der Waals surface area contributed by atoms with Crippen molar-refractivity contribution in [3.05, 3.63) is 53.5 Å². The number of anilines is 1. The van der Waals surface area contributed by atoms with Crippen LogP contribution in [0.4, 0.5) is 5.82 Å². The van der Waals surface area contributed by atoms with Gasteiger partial charge in [0.2, 0.25) is 0 Å². The van der Waals surface area contributed by atoms with Crippen molar-refractivity contribution in [3.63, 3.8) is 0 Å². The molecule has 1 aliphatic rings. The average Bonchev–Trinajstić information content (AvgIpc) is 2.67. The van der Waals surface area contributed by atoms with Crippen LogP contribution < -0.4 is 10.6 Å². The second kappa shape index (κ2) is 8.76. The summed E-state index contributed by atoms with van der Waals surface area (Å²) in [6.45, 7) is 2.70. The van der Waals surface area contributed by atoms with Crippen molar-refractivity contribution in [1.82, 2.24) is 15.3 Å². The third-order valence-corrected chi connectivity index (χ3v) is 4.88. The van der Waals surface area contributed by atoms with Crippen molar-refractivity contribution in [2.24, 2.45) is 5.92 Å². The summed E-state index contributed by atoms with van der Waals surface area (Å²) < 4.78 is 0. The number of aryl methyl sites for hydroxylation is 1. The van der Waals surface area contributed by atoms with Gasteiger partial charge in [-0.2, -0.15) is 0 Å². The first-order chi connectivity index (χ1) is 12.6. The van der Waals surface area contributed by atoms with Gasteiger partial charge < -0.3 is 15.7 Å². The lowest BCUT2D eigenvalue weighted by molar-refractivity contribution is 0.0914. The third kappa shape index (κ3) is 5.02. The zero-order chi connectivity index (χ0) is 18.4. The van der Waals surface area contributed by atoms with E-state index in [4.69, 9.17) is 0 Å². The number of aromatic nitrogens is 2. The Balaban J connectivity index is 1.55. The Morgan fingerprint density at radius 3 is 2.77 bits per heavy atom. The number of carbonyl (C=O) groups excluding carboxylic acids is 1. The second-order valence-electron chi connectivity index (χ2n) is 6.92. The standard InChI is InChI=1S/C20H26N4O2/c1-14-21-10-9-19(23-14)22-12-16-3-2-4-17(11-16)20(26)24-18-7-5-15(13-25)6-8-18/h2-4,9-11,15,18,25H,5-8,12-13H2,1H3,(H,24,26)(H,21,22,23). The molecule has 0 bridgehead atoms. The van der Waals surface area contributed by atoms with Gasteiger partial charge in [0.05, 0.1) is 0 Å². The number of benzene rings is 1. The van der Waals surface area contributed by atoms with Crippen molar-refractivity contribution in [2.45, 2.75) is 45.2 Å². The Hall–Kier alpha value is -2.47. The van der Waals surface area contributed by atoms with E-state index in [1.54, 1.807) is 6.20 Å². The molecule has 2 aromatic rings. The summed E-state index contributed by atoms with van der Waals surface area (Å²) in [5.41, 5.74) is 1.70. The molecule has 0 saturated heterocycles. The van der Waals surface area contributed by atoms with Gasteiger partial charge in [0.1, 0.15) is 11.6 Å². The Kier molecular flexibility index (Phi) is 6.17. The van der Waals surface area contributed by atoms with Gasteiger partial charge in [0.15, 0.2) is 0 Å². The van der Waals surface area contributed by atoms with Gasteiger partial charge in [-0.25, -0.2) is 9.97 Å². The maximum absolute atomic E-state index is 12.5. The lowest BCUT2D eigenvalue weighted by atomic mass is 9.86. The molecule has 26 heavy (non-hydrogen) atoms. The maximum Gasteiger partial charge on any atom is 0.251 e. The van der Waals surface area contributed by atoms with Gasteiger partial charge in [-0.3, -0.25) is 4.79 Å². The number of rotatable bonds is 6. The van der Waals surface area contributed by atoms with Crippen LogP contribution in [0.2, 0.25) is 0 Å². The molecule has 6 nitrogen and oxygen atoms in total. The molecule has 1 aromatic heterocycles. The minimum atomic E-state index is -0.0304. The first kappa shape index (κ1) is 18.3. The fourth-order valence-corrected chi connectivity index (χ4v) is 3.33. The van der Waals surface area contributed by atoms with Crippen LogP contribution in [0.5, 0.6) is 0 Å². The number of hydrogen-bond acceptors (Lipinski definition) is 5. The van der Waals surface area contributed by atoms with Crippen LogP contribution in [-0.2, 0) is 6.54 Å². The summed E-state index contributed by atoms with van der Waals surface area (Å²) in [7, 11) is 0. The van der Waals surface area contributed by atoms with Crippen LogP contribution in [0.15, 0.2) is 36.5 Å².